The van der Waals surface area contributed by atoms with E-state index in [9.17, 15) is 45.0 Å². The Morgan fingerprint density at radius 2 is 1.67 bits per heavy atom. The van der Waals surface area contributed by atoms with Crippen molar-refractivity contribution in [3.63, 3.8) is 0 Å². The third-order valence-electron chi connectivity index (χ3n) is 12.3. The second-order valence-corrected chi connectivity index (χ2v) is 16.6. The summed E-state index contributed by atoms with van der Waals surface area (Å²) in [4.78, 5) is 48.8. The Bertz CT molecular complexity index is 1620. The summed E-state index contributed by atoms with van der Waals surface area (Å²) >= 11 is 0. The Balaban J connectivity index is 1.23. The first-order valence-electron chi connectivity index (χ1n) is 21.4. The molecule has 8 N–H and O–H groups in total. The normalized spacial score (nSPS) is 34.2. The van der Waals surface area contributed by atoms with Crippen LogP contribution in [0.3, 0.4) is 0 Å². The summed E-state index contributed by atoms with van der Waals surface area (Å²) in [5.41, 5.74) is -0.0947. The highest BCUT2D eigenvalue weighted by molar-refractivity contribution is 5.96. The maximum atomic E-state index is 14.8. The van der Waals surface area contributed by atoms with Crippen molar-refractivity contribution in [3.05, 3.63) is 41.5 Å². The van der Waals surface area contributed by atoms with Crippen LogP contribution in [0.1, 0.15) is 89.7 Å². The monoisotopic (exact) mass is 849 g/mol. The lowest BCUT2D eigenvalue weighted by Crippen LogP contribution is -2.71. The lowest BCUT2D eigenvalue weighted by Gasteiger charge is -2.49. The van der Waals surface area contributed by atoms with Crippen molar-refractivity contribution in [2.45, 2.75) is 164 Å². The second kappa shape index (κ2) is 20.4. The van der Waals surface area contributed by atoms with E-state index in [1.54, 1.807) is 12.2 Å². The van der Waals surface area contributed by atoms with Gasteiger partial charge in [-0.1, -0.05) is 75.9 Å². The molecular weight excluding hydrogens is 786 g/mol. The van der Waals surface area contributed by atoms with Crippen molar-refractivity contribution in [1.82, 2.24) is 15.7 Å². The van der Waals surface area contributed by atoms with Gasteiger partial charge in [-0.05, 0) is 30.9 Å². The summed E-state index contributed by atoms with van der Waals surface area (Å²) in [7, 11) is 0. The van der Waals surface area contributed by atoms with Gasteiger partial charge >= 0.3 is 5.97 Å². The van der Waals surface area contributed by atoms with Crippen molar-refractivity contribution < 1.29 is 73.5 Å². The molecule has 1 aliphatic carbocycles. The van der Waals surface area contributed by atoms with Crippen LogP contribution in [0.2, 0.25) is 0 Å². The predicted octanol–water partition coefficient (Wildman–Crippen LogP) is -0.0688. The molecule has 60 heavy (non-hydrogen) atoms. The Morgan fingerprint density at radius 3 is 2.30 bits per heavy atom. The van der Waals surface area contributed by atoms with Crippen molar-refractivity contribution in [1.29, 1.82) is 0 Å². The SMILES string of the molecule is CCCCCC1(CCCCC)OC2C3CC4(C(=O)NC(C(=O)NCCO)C(C)O)C(ON(Cc5ccc(C=CCOC6OC(CO)C(O)C(O)C6O)cc5)C4C(=O)O3)C2O1. The Hall–Kier alpha value is -3.11. The van der Waals surface area contributed by atoms with E-state index in [4.69, 9.17) is 28.5 Å². The minimum Gasteiger partial charge on any atom is -0.458 e. The molecule has 1 aromatic carbocycles. The number of carbonyl (C=O) groups is 3. The maximum Gasteiger partial charge on any atom is 0.327 e. The number of ether oxygens (including phenoxy) is 5. The molecule has 13 atom stereocenters. The van der Waals surface area contributed by atoms with Gasteiger partial charge in [0.1, 0.15) is 60.3 Å². The summed E-state index contributed by atoms with van der Waals surface area (Å²) in [5.74, 6) is -3.02. The van der Waals surface area contributed by atoms with Gasteiger partial charge in [-0.15, -0.1) is 0 Å². The molecule has 0 radical (unpaired) electrons. The Kier molecular flexibility index (Phi) is 15.8. The third kappa shape index (κ3) is 9.60. The predicted molar refractivity (Wildman–Crippen MR) is 211 cm³/mol. The van der Waals surface area contributed by atoms with Crippen LogP contribution in [0.15, 0.2) is 30.3 Å². The van der Waals surface area contributed by atoms with E-state index < -0.39 is 109 Å². The number of hydrogen-bond donors (Lipinski definition) is 8. The molecule has 2 amide bonds. The van der Waals surface area contributed by atoms with Gasteiger partial charge in [0.25, 0.3) is 0 Å². The number of nitrogens with zero attached hydrogens (tertiary/aromatic N) is 1. The zero-order valence-electron chi connectivity index (χ0n) is 34.6. The zero-order valence-corrected chi connectivity index (χ0v) is 34.6. The van der Waals surface area contributed by atoms with Crippen LogP contribution < -0.4 is 10.6 Å². The first-order valence-corrected chi connectivity index (χ1v) is 21.4. The summed E-state index contributed by atoms with van der Waals surface area (Å²) < 4.78 is 30.8. The molecule has 4 aliphatic heterocycles. The molecule has 0 aromatic heterocycles. The van der Waals surface area contributed by atoms with Crippen LogP contribution in [0.5, 0.6) is 0 Å². The lowest BCUT2D eigenvalue weighted by atomic mass is 9.62. The van der Waals surface area contributed by atoms with Gasteiger partial charge in [0.2, 0.25) is 11.8 Å². The van der Waals surface area contributed by atoms with Gasteiger partial charge in [-0.3, -0.25) is 19.2 Å². The molecule has 4 saturated heterocycles. The number of hydrogen-bond acceptors (Lipinski definition) is 16. The van der Waals surface area contributed by atoms with Gasteiger partial charge < -0.3 is 65.0 Å². The molecule has 0 spiro atoms. The van der Waals surface area contributed by atoms with E-state index in [0.29, 0.717) is 12.8 Å². The van der Waals surface area contributed by atoms with E-state index in [1.807, 2.05) is 24.3 Å². The highest BCUT2D eigenvalue weighted by Crippen LogP contribution is 2.58. The van der Waals surface area contributed by atoms with Gasteiger partial charge in [-0.25, -0.2) is 0 Å². The molecule has 2 bridgehead atoms. The van der Waals surface area contributed by atoms with Crippen LogP contribution in [-0.4, -0.2) is 159 Å². The molecule has 18 nitrogen and oxygen atoms in total. The number of nitrogens with one attached hydrogen (secondary N) is 2. The standard InChI is InChI=1S/C42H63N3O15/c1-4-6-8-16-41(17-9-7-5-2)58-33-27-21-42(40(54)44-29(24(3)48)37(52)43-18-19-46)35(38(53)56-27)45(60-36(42)34(33)59-41)22-26-14-12-25(13-15-26)11-10-20-55-39-32(51)31(50)30(49)28(23-47)57-39/h10-15,24,27-36,39,46-51H,4-9,16-23H2,1-3H3,(H,43,52)(H,44,54). The Morgan fingerprint density at radius 1 is 0.983 bits per heavy atom. The fourth-order valence-corrected chi connectivity index (χ4v) is 9.12. The number of aliphatic hydroxyl groups is 6. The number of rotatable bonds is 21. The van der Waals surface area contributed by atoms with Gasteiger partial charge in [0.15, 0.2) is 18.1 Å². The number of unbranched alkanes of at least 4 members (excludes halogenated alkanes) is 4. The summed E-state index contributed by atoms with van der Waals surface area (Å²) in [6, 6.07) is 4.66. The van der Waals surface area contributed by atoms with Crippen LogP contribution in [0.25, 0.3) is 6.08 Å². The molecular formula is C42H63N3O15. The van der Waals surface area contributed by atoms with Gasteiger partial charge in [0, 0.05) is 25.8 Å². The number of esters is 1. The van der Waals surface area contributed by atoms with Crippen molar-refractivity contribution in [3.8, 4) is 0 Å². The topological polar surface area (TPSA) is 255 Å². The molecule has 4 heterocycles. The van der Waals surface area contributed by atoms with Crippen molar-refractivity contribution in [2.75, 3.05) is 26.4 Å². The number of amides is 2. The number of aliphatic hydroxyl groups excluding tert-OH is 6. The third-order valence-corrected chi connectivity index (χ3v) is 12.3. The van der Waals surface area contributed by atoms with Crippen molar-refractivity contribution >= 4 is 23.9 Å². The number of carbonyl (C=O) groups excluding carboxylic acids is 3. The van der Waals surface area contributed by atoms with Crippen LogP contribution in [-0.2, 0) is 49.5 Å². The maximum absolute atomic E-state index is 14.8. The molecule has 1 saturated carbocycles. The molecule has 5 aliphatic rings. The van der Waals surface area contributed by atoms with E-state index in [0.717, 1.165) is 49.7 Å². The minimum atomic E-state index is -1.60. The zero-order chi connectivity index (χ0) is 43.2. The summed E-state index contributed by atoms with van der Waals surface area (Å²) in [6.45, 7) is 4.66. The molecule has 336 valence electrons. The van der Waals surface area contributed by atoms with Crippen molar-refractivity contribution in [2.24, 2.45) is 5.41 Å². The minimum absolute atomic E-state index is 0.0200. The second-order valence-electron chi connectivity index (χ2n) is 16.6. The highest BCUT2D eigenvalue weighted by atomic mass is 16.8. The number of benzene rings is 1. The molecule has 13 unspecified atom stereocenters. The average molecular weight is 850 g/mol. The van der Waals surface area contributed by atoms with E-state index >= 15 is 0 Å². The van der Waals surface area contributed by atoms with Crippen LogP contribution >= 0.6 is 0 Å². The molecule has 1 aromatic rings. The Labute approximate surface area is 350 Å². The molecule has 18 heteroatoms. The van der Waals surface area contributed by atoms with Gasteiger partial charge in [-0.2, -0.15) is 5.06 Å². The number of fused-ring (bicyclic) bond motifs is 4. The fraction of sp³-hybridized carbons (Fsp3) is 0.738. The first-order chi connectivity index (χ1) is 28.8. The van der Waals surface area contributed by atoms with E-state index in [-0.39, 0.29) is 32.7 Å². The summed E-state index contributed by atoms with van der Waals surface area (Å²) in [5, 5.41) is 66.3. The van der Waals surface area contributed by atoms with Crippen LogP contribution in [0.4, 0.5) is 0 Å². The molecule has 6 rings (SSSR count). The van der Waals surface area contributed by atoms with Crippen LogP contribution in [0, 0.1) is 5.41 Å². The van der Waals surface area contributed by atoms with E-state index in [1.165, 1.54) is 12.0 Å². The summed E-state index contributed by atoms with van der Waals surface area (Å²) in [6.07, 6.45) is -1.24. The van der Waals surface area contributed by atoms with Gasteiger partial charge in [0.05, 0.1) is 32.5 Å². The quantitative estimate of drug-likeness (QED) is 0.0595. The fourth-order valence-electron chi connectivity index (χ4n) is 9.12. The highest BCUT2D eigenvalue weighted by Gasteiger charge is 2.76. The molecule has 5 fully saturated rings. The lowest BCUT2D eigenvalue weighted by molar-refractivity contribution is -0.298. The smallest absolute Gasteiger partial charge is 0.327 e. The van der Waals surface area contributed by atoms with E-state index in [2.05, 4.69) is 24.5 Å². The largest absolute Gasteiger partial charge is 0.458 e. The number of hydroxylamine groups is 2. The average Bonchev–Trinajstić information content (AvgIpc) is 3.79. The first kappa shape index (κ1) is 46.4.